The molecule has 364 valence electrons. The molecule has 0 spiro atoms. The van der Waals surface area contributed by atoms with E-state index in [1.807, 2.05) is 95.3 Å². The third kappa shape index (κ3) is 14.6. The minimum Gasteiger partial charge on any atom is -0.481 e. The number of aliphatic carboxylic acids is 1. The normalized spacial score (nSPS) is 17.3. The molecule has 1 saturated heterocycles. The number of carbonyl (C=O) groups is 7. The Kier molecular flexibility index (Phi) is 18.9. The first-order valence-electron chi connectivity index (χ1n) is 23.7. The molecule has 2 aliphatic rings. The molecule has 1 aliphatic heterocycles. The van der Waals surface area contributed by atoms with Gasteiger partial charge in [0.05, 0.1) is 24.5 Å². The quantitative estimate of drug-likeness (QED) is 0.103. The second kappa shape index (κ2) is 23.4. The van der Waals surface area contributed by atoms with Gasteiger partial charge in [0.2, 0.25) is 35.4 Å². The zero-order valence-electron chi connectivity index (χ0n) is 40.7. The van der Waals surface area contributed by atoms with Gasteiger partial charge in [-0.15, -0.1) is 0 Å². The summed E-state index contributed by atoms with van der Waals surface area (Å²) in [5, 5.41) is 31.9. The van der Waals surface area contributed by atoms with Gasteiger partial charge in [0.15, 0.2) is 0 Å². The molecule has 1 aliphatic carbocycles. The Morgan fingerprint density at radius 3 is 1.70 bits per heavy atom. The largest absolute Gasteiger partial charge is 0.481 e. The van der Waals surface area contributed by atoms with E-state index in [1.54, 1.807) is 32.7 Å². The van der Waals surface area contributed by atoms with Gasteiger partial charge >= 0.3 is 5.97 Å². The van der Waals surface area contributed by atoms with Crippen LogP contribution in [0.15, 0.2) is 60.7 Å². The number of aliphatic hydroxyl groups is 1. The lowest BCUT2D eigenvalue weighted by Crippen LogP contribution is -2.64. The molecule has 2 fully saturated rings. The molecule has 5 atom stereocenters. The Morgan fingerprint density at radius 1 is 0.712 bits per heavy atom. The highest BCUT2D eigenvalue weighted by atomic mass is 16.4. The van der Waals surface area contributed by atoms with Gasteiger partial charge in [-0.05, 0) is 72.8 Å². The van der Waals surface area contributed by atoms with Crippen LogP contribution in [0.2, 0.25) is 0 Å². The van der Waals surface area contributed by atoms with Crippen LogP contribution in [-0.4, -0.2) is 118 Å². The lowest BCUT2D eigenvalue weighted by Gasteiger charge is -2.37. The average molecular weight is 917 g/mol. The molecule has 4 rings (SSSR count). The maximum Gasteiger partial charge on any atom is 0.312 e. The number of likely N-dealkylation sites (N-methyl/N-ethyl adjacent to an activating group) is 1. The van der Waals surface area contributed by atoms with Gasteiger partial charge in [0.1, 0.15) is 24.2 Å². The predicted octanol–water partition coefficient (Wildman–Crippen LogP) is 4.64. The van der Waals surface area contributed by atoms with Gasteiger partial charge in [0, 0.05) is 26.1 Å². The van der Waals surface area contributed by atoms with Gasteiger partial charge < -0.3 is 41.3 Å². The van der Waals surface area contributed by atoms with Crippen LogP contribution in [0.3, 0.4) is 0 Å². The Balaban J connectivity index is 1.64. The lowest BCUT2D eigenvalue weighted by molar-refractivity contribution is -0.155. The van der Waals surface area contributed by atoms with E-state index in [9.17, 15) is 43.8 Å². The minimum atomic E-state index is -1.69. The molecular weight excluding hydrogens is 841 g/mol. The second-order valence-corrected chi connectivity index (χ2v) is 21.1. The Labute approximate surface area is 391 Å². The first kappa shape index (κ1) is 53.3. The van der Waals surface area contributed by atoms with Crippen LogP contribution in [0, 0.1) is 28.1 Å². The van der Waals surface area contributed by atoms with E-state index in [2.05, 4.69) is 21.3 Å². The van der Waals surface area contributed by atoms with Crippen molar-refractivity contribution in [1.29, 1.82) is 0 Å². The van der Waals surface area contributed by atoms with Crippen LogP contribution in [0.5, 0.6) is 0 Å². The van der Waals surface area contributed by atoms with Crippen molar-refractivity contribution in [3.8, 4) is 0 Å². The van der Waals surface area contributed by atoms with Crippen molar-refractivity contribution in [2.45, 2.75) is 150 Å². The molecule has 15 heteroatoms. The molecule has 0 radical (unpaired) electrons. The lowest BCUT2D eigenvalue weighted by atomic mass is 9.77. The van der Waals surface area contributed by atoms with Gasteiger partial charge in [0.25, 0.3) is 0 Å². The number of amides is 6. The molecule has 2 aromatic carbocycles. The highest BCUT2D eigenvalue weighted by Gasteiger charge is 2.53. The first-order chi connectivity index (χ1) is 31.0. The van der Waals surface area contributed by atoms with Crippen molar-refractivity contribution >= 4 is 41.4 Å². The minimum absolute atomic E-state index is 0.0961. The fraction of sp³-hybridized carbons (Fsp3) is 0.627. The Morgan fingerprint density at radius 2 is 1.24 bits per heavy atom. The summed E-state index contributed by atoms with van der Waals surface area (Å²) in [5.74, 6) is -5.91. The SMILES string of the molecule is CC(C)[C@@H](C(=O)N[C@H](C(=O)N[C@@H](CC(=O)N1CCCC1)C(=O)N[C@H](C(=O)NC(CO)CC(C)(C)C)C1(C(=O)O)CCCC1)C(C)(C)C)N(C)C(=O)C(Cc1ccccc1)Cc1ccccc1. The third-order valence-corrected chi connectivity index (χ3v) is 13.0. The predicted molar refractivity (Wildman–Crippen MR) is 252 cm³/mol. The van der Waals surface area contributed by atoms with Gasteiger partial charge in [-0.25, -0.2) is 0 Å². The standard InChI is InChI=1S/C51H76N6O9/c1-33(2)40(56(9)47(64)36(28-34-20-12-10-13-21-34)29-35-22-14-11-15-23-35)44(61)54-41(50(6,7)8)45(62)53-38(30-39(59)57-26-18-19-27-57)43(60)55-42(51(48(65)66)24-16-17-25-51)46(63)52-37(32-58)31-49(3,4)5/h10-15,20-23,33,36-38,40-42,58H,16-19,24-32H2,1-9H3,(H,52,63)(H,53,62)(H,54,61)(H,55,60)(H,65,66)/t37?,38-,40-,41+,42+/m0/s1. The Bertz CT molecular complexity index is 1930. The van der Waals surface area contributed by atoms with E-state index in [0.29, 0.717) is 45.2 Å². The van der Waals surface area contributed by atoms with Crippen molar-refractivity contribution in [3.05, 3.63) is 71.8 Å². The fourth-order valence-electron chi connectivity index (χ4n) is 9.55. The van der Waals surface area contributed by atoms with E-state index in [-0.39, 0.29) is 30.1 Å². The number of hydrogen-bond donors (Lipinski definition) is 6. The van der Waals surface area contributed by atoms with Crippen LogP contribution in [0.25, 0.3) is 0 Å². The zero-order chi connectivity index (χ0) is 49.0. The van der Waals surface area contributed by atoms with E-state index in [1.165, 1.54) is 4.90 Å². The van der Waals surface area contributed by atoms with Crippen molar-refractivity contribution < 1.29 is 43.8 Å². The molecule has 6 amide bonds. The van der Waals surface area contributed by atoms with E-state index < -0.39 is 95.5 Å². The van der Waals surface area contributed by atoms with Crippen LogP contribution in [-0.2, 0) is 46.4 Å². The third-order valence-electron chi connectivity index (χ3n) is 13.0. The number of benzene rings is 2. The molecule has 66 heavy (non-hydrogen) atoms. The summed E-state index contributed by atoms with van der Waals surface area (Å²) in [4.78, 5) is 102. The topological polar surface area (TPSA) is 215 Å². The van der Waals surface area contributed by atoms with Gasteiger partial charge in [-0.2, -0.15) is 0 Å². The maximum atomic E-state index is 14.6. The smallest absolute Gasteiger partial charge is 0.312 e. The summed E-state index contributed by atoms with van der Waals surface area (Å²) in [7, 11) is 1.60. The number of carbonyl (C=O) groups excluding carboxylic acids is 6. The molecule has 0 aromatic heterocycles. The second-order valence-electron chi connectivity index (χ2n) is 21.1. The molecule has 2 aromatic rings. The van der Waals surface area contributed by atoms with Crippen molar-refractivity contribution in [2.24, 2.45) is 28.1 Å². The molecule has 1 heterocycles. The summed E-state index contributed by atoms with van der Waals surface area (Å²) in [5.41, 5.74) is -1.01. The summed E-state index contributed by atoms with van der Waals surface area (Å²) in [6.07, 6.45) is 3.47. The number of rotatable bonds is 21. The van der Waals surface area contributed by atoms with Crippen molar-refractivity contribution in [3.63, 3.8) is 0 Å². The molecule has 1 unspecified atom stereocenters. The van der Waals surface area contributed by atoms with Crippen LogP contribution >= 0.6 is 0 Å². The number of carboxylic acids is 1. The van der Waals surface area contributed by atoms with E-state index in [0.717, 1.165) is 24.0 Å². The summed E-state index contributed by atoms with van der Waals surface area (Å²) >= 11 is 0. The van der Waals surface area contributed by atoms with Crippen LogP contribution < -0.4 is 21.3 Å². The number of aliphatic hydroxyl groups excluding tert-OH is 1. The summed E-state index contributed by atoms with van der Waals surface area (Å²) in [6, 6.07) is 13.2. The fourth-order valence-corrected chi connectivity index (χ4v) is 9.55. The van der Waals surface area contributed by atoms with Gasteiger partial charge in [-0.1, -0.05) is 129 Å². The maximum absolute atomic E-state index is 14.6. The molecule has 6 N–H and O–H groups in total. The summed E-state index contributed by atoms with van der Waals surface area (Å²) in [6.45, 7) is 15.2. The van der Waals surface area contributed by atoms with Crippen LogP contribution in [0.4, 0.5) is 0 Å². The first-order valence-corrected chi connectivity index (χ1v) is 23.7. The van der Waals surface area contributed by atoms with E-state index in [4.69, 9.17) is 0 Å². The highest BCUT2D eigenvalue weighted by Crippen LogP contribution is 2.42. The zero-order valence-corrected chi connectivity index (χ0v) is 40.7. The number of hydrogen-bond acceptors (Lipinski definition) is 8. The number of nitrogens with one attached hydrogen (secondary N) is 4. The number of carboxylic acid groups (broad SMARTS) is 1. The highest BCUT2D eigenvalue weighted by molar-refractivity contribution is 5.99. The van der Waals surface area contributed by atoms with E-state index >= 15 is 0 Å². The molecular formula is C51H76N6O9. The molecule has 15 nitrogen and oxygen atoms in total. The number of likely N-dealkylation sites (tertiary alicyclic amines) is 1. The average Bonchev–Trinajstić information content (AvgIpc) is 3.98. The van der Waals surface area contributed by atoms with Crippen molar-refractivity contribution in [1.82, 2.24) is 31.1 Å². The Hall–Kier alpha value is -5.31. The van der Waals surface area contributed by atoms with Crippen molar-refractivity contribution in [2.75, 3.05) is 26.7 Å². The number of nitrogens with zero attached hydrogens (tertiary/aromatic N) is 2. The molecule has 0 bridgehead atoms. The monoisotopic (exact) mass is 917 g/mol. The van der Waals surface area contributed by atoms with Crippen LogP contribution in [0.1, 0.15) is 118 Å². The summed E-state index contributed by atoms with van der Waals surface area (Å²) < 4.78 is 0. The van der Waals surface area contributed by atoms with Gasteiger partial charge in [-0.3, -0.25) is 33.6 Å². The molecule has 1 saturated carbocycles.